The summed E-state index contributed by atoms with van der Waals surface area (Å²) >= 11 is 0. The first-order valence-electron chi connectivity index (χ1n) is 9.26. The zero-order valence-electron chi connectivity index (χ0n) is 15.4. The highest BCUT2D eigenvalue weighted by atomic mass is 16.3. The summed E-state index contributed by atoms with van der Waals surface area (Å²) in [5, 5.41) is 10.5. The van der Waals surface area contributed by atoms with Gasteiger partial charge in [-0.2, -0.15) is 0 Å². The molecule has 7 nitrogen and oxygen atoms in total. The van der Waals surface area contributed by atoms with Crippen molar-refractivity contribution in [2.75, 3.05) is 13.1 Å². The number of carbonyl (C=O) groups excluding carboxylic acids is 1. The summed E-state index contributed by atoms with van der Waals surface area (Å²) in [4.78, 5) is 42.1. The Hall–Kier alpha value is -2.67. The van der Waals surface area contributed by atoms with E-state index < -0.39 is 17.4 Å². The molecule has 2 aromatic rings. The van der Waals surface area contributed by atoms with Gasteiger partial charge in [-0.25, -0.2) is 4.79 Å². The van der Waals surface area contributed by atoms with Crippen LogP contribution < -0.4 is 11.2 Å². The van der Waals surface area contributed by atoms with E-state index in [1.165, 1.54) is 0 Å². The van der Waals surface area contributed by atoms with Gasteiger partial charge in [-0.15, -0.1) is 0 Å². The maximum absolute atomic E-state index is 12.5. The number of hydrogen-bond donors (Lipinski definition) is 3. The molecule has 1 fully saturated rings. The minimum atomic E-state index is -0.568. The van der Waals surface area contributed by atoms with E-state index in [9.17, 15) is 19.5 Å². The zero-order chi connectivity index (χ0) is 19.4. The third kappa shape index (κ3) is 4.74. The molecule has 0 bridgehead atoms. The lowest BCUT2D eigenvalue weighted by Crippen LogP contribution is -2.43. The number of amides is 1. The average molecular weight is 371 g/mol. The van der Waals surface area contributed by atoms with Crippen molar-refractivity contribution in [2.45, 2.75) is 38.7 Å². The molecule has 0 radical (unpaired) electrons. The fourth-order valence-corrected chi connectivity index (χ4v) is 3.66. The van der Waals surface area contributed by atoms with Crippen LogP contribution in [-0.2, 0) is 17.6 Å². The van der Waals surface area contributed by atoms with Crippen LogP contribution in [0.15, 0.2) is 39.9 Å². The molecule has 1 amide bonds. The second kappa shape index (κ2) is 8.35. The highest BCUT2D eigenvalue weighted by Gasteiger charge is 2.28. The molecule has 0 aliphatic carbocycles. The lowest BCUT2D eigenvalue weighted by Gasteiger charge is -2.34. The van der Waals surface area contributed by atoms with Gasteiger partial charge in [0, 0.05) is 24.3 Å². The van der Waals surface area contributed by atoms with E-state index in [2.05, 4.69) is 9.97 Å². The lowest BCUT2D eigenvalue weighted by atomic mass is 9.88. The minimum absolute atomic E-state index is 0.0326. The Morgan fingerprint density at radius 3 is 2.48 bits per heavy atom. The number of rotatable bonds is 5. The van der Waals surface area contributed by atoms with Crippen LogP contribution in [0.3, 0.4) is 0 Å². The van der Waals surface area contributed by atoms with Crippen LogP contribution in [0.1, 0.15) is 29.7 Å². The van der Waals surface area contributed by atoms with Gasteiger partial charge in [0.1, 0.15) is 0 Å². The summed E-state index contributed by atoms with van der Waals surface area (Å²) in [5.41, 5.74) is 0.743. The highest BCUT2D eigenvalue weighted by molar-refractivity contribution is 5.79. The van der Waals surface area contributed by atoms with E-state index in [4.69, 9.17) is 0 Å². The van der Waals surface area contributed by atoms with Crippen molar-refractivity contribution in [3.63, 3.8) is 0 Å². The predicted molar refractivity (Wildman–Crippen MR) is 102 cm³/mol. The Labute approximate surface area is 157 Å². The molecule has 0 unspecified atom stereocenters. The van der Waals surface area contributed by atoms with Crippen molar-refractivity contribution in [1.29, 1.82) is 0 Å². The Bertz CT molecular complexity index is 895. The van der Waals surface area contributed by atoms with E-state index in [0.717, 1.165) is 18.4 Å². The first kappa shape index (κ1) is 19.1. The number of aromatic amines is 2. The van der Waals surface area contributed by atoms with E-state index in [0.29, 0.717) is 30.8 Å². The summed E-state index contributed by atoms with van der Waals surface area (Å²) < 4.78 is 0. The molecule has 1 aromatic carbocycles. The maximum atomic E-state index is 12.5. The smallest absolute Gasteiger partial charge is 0.325 e. The molecule has 144 valence electrons. The zero-order valence-corrected chi connectivity index (χ0v) is 15.4. The number of aromatic nitrogens is 2. The van der Waals surface area contributed by atoms with E-state index in [-0.39, 0.29) is 18.2 Å². The Morgan fingerprint density at radius 2 is 1.85 bits per heavy atom. The molecule has 2 heterocycles. The van der Waals surface area contributed by atoms with Gasteiger partial charge in [-0.1, -0.05) is 30.3 Å². The van der Waals surface area contributed by atoms with Crippen LogP contribution in [-0.4, -0.2) is 45.1 Å². The van der Waals surface area contributed by atoms with E-state index in [1.807, 2.05) is 30.3 Å². The standard InChI is InChI=1S/C20H25N3O4/c1-13-16(19(26)22-20(27)21-13)12-18(25)23-9-7-15(8-10-23)17(24)11-14-5-3-2-4-6-14/h2-6,15,17,24H,7-12H2,1H3,(H2,21,22,26,27)/t17-/m0/s1. The Kier molecular flexibility index (Phi) is 5.91. The monoisotopic (exact) mass is 371 g/mol. The molecule has 1 aliphatic rings. The van der Waals surface area contributed by atoms with Crippen molar-refractivity contribution in [3.05, 3.63) is 68.0 Å². The van der Waals surface area contributed by atoms with Gasteiger partial charge in [-0.05, 0) is 37.7 Å². The molecule has 3 N–H and O–H groups in total. The number of aliphatic hydroxyl groups is 1. The predicted octanol–water partition coefficient (Wildman–Crippen LogP) is 0.756. The molecule has 3 rings (SSSR count). The average Bonchev–Trinajstić information content (AvgIpc) is 2.65. The molecule has 1 aromatic heterocycles. The van der Waals surface area contributed by atoms with Gasteiger partial charge in [0.15, 0.2) is 0 Å². The molecule has 0 spiro atoms. The van der Waals surface area contributed by atoms with Crippen LogP contribution in [0.25, 0.3) is 0 Å². The number of likely N-dealkylation sites (tertiary alicyclic amines) is 1. The molecule has 27 heavy (non-hydrogen) atoms. The van der Waals surface area contributed by atoms with Crippen LogP contribution in [0.2, 0.25) is 0 Å². The van der Waals surface area contributed by atoms with Gasteiger partial charge in [0.05, 0.1) is 12.5 Å². The quantitative estimate of drug-likeness (QED) is 0.721. The summed E-state index contributed by atoms with van der Waals surface area (Å²) in [6, 6.07) is 9.89. The van der Waals surface area contributed by atoms with Gasteiger partial charge in [0.25, 0.3) is 5.56 Å². The van der Waals surface area contributed by atoms with E-state index >= 15 is 0 Å². The molecular weight excluding hydrogens is 346 g/mol. The summed E-state index contributed by atoms with van der Waals surface area (Å²) in [6.45, 7) is 2.75. The van der Waals surface area contributed by atoms with Gasteiger partial charge >= 0.3 is 5.69 Å². The minimum Gasteiger partial charge on any atom is -0.392 e. The molecule has 1 aliphatic heterocycles. The molecule has 0 saturated carbocycles. The number of aryl methyl sites for hydroxylation is 1. The largest absolute Gasteiger partial charge is 0.392 e. The first-order valence-corrected chi connectivity index (χ1v) is 9.26. The number of H-pyrrole nitrogens is 2. The lowest BCUT2D eigenvalue weighted by molar-refractivity contribution is -0.132. The molecular formula is C20H25N3O4. The van der Waals surface area contributed by atoms with Crippen molar-refractivity contribution < 1.29 is 9.90 Å². The van der Waals surface area contributed by atoms with E-state index in [1.54, 1.807) is 11.8 Å². The van der Waals surface area contributed by atoms with Gasteiger partial charge in [0.2, 0.25) is 5.91 Å². The summed E-state index contributed by atoms with van der Waals surface area (Å²) in [5.74, 6) is 0.0270. The number of nitrogens with one attached hydrogen (secondary N) is 2. The maximum Gasteiger partial charge on any atom is 0.325 e. The third-order valence-corrected chi connectivity index (χ3v) is 5.31. The molecule has 1 atom stereocenters. The Balaban J connectivity index is 1.55. The molecule has 7 heteroatoms. The normalized spacial score (nSPS) is 16.3. The second-order valence-corrected chi connectivity index (χ2v) is 7.16. The summed E-state index contributed by atoms with van der Waals surface area (Å²) in [6.07, 6.45) is 1.64. The topological polar surface area (TPSA) is 106 Å². The fraction of sp³-hybridized carbons (Fsp3) is 0.450. The number of hydrogen-bond acceptors (Lipinski definition) is 4. The Morgan fingerprint density at radius 1 is 1.19 bits per heavy atom. The number of piperidine rings is 1. The first-order chi connectivity index (χ1) is 12.9. The SMILES string of the molecule is Cc1[nH]c(=O)[nH]c(=O)c1CC(=O)N1CCC([C@@H](O)Cc2ccccc2)CC1. The van der Waals surface area contributed by atoms with Crippen LogP contribution in [0.5, 0.6) is 0 Å². The van der Waals surface area contributed by atoms with Crippen molar-refractivity contribution in [1.82, 2.24) is 14.9 Å². The highest BCUT2D eigenvalue weighted by Crippen LogP contribution is 2.23. The number of carbonyl (C=O) groups is 1. The third-order valence-electron chi connectivity index (χ3n) is 5.31. The van der Waals surface area contributed by atoms with Gasteiger partial charge < -0.3 is 15.0 Å². The van der Waals surface area contributed by atoms with Crippen LogP contribution >= 0.6 is 0 Å². The van der Waals surface area contributed by atoms with Crippen molar-refractivity contribution >= 4 is 5.91 Å². The number of aliphatic hydroxyl groups excluding tert-OH is 1. The molecule has 1 saturated heterocycles. The van der Waals surface area contributed by atoms with Gasteiger partial charge in [-0.3, -0.25) is 14.6 Å². The fourth-order valence-electron chi connectivity index (χ4n) is 3.66. The van der Waals surface area contributed by atoms with Crippen LogP contribution in [0.4, 0.5) is 0 Å². The number of nitrogens with zero attached hydrogens (tertiary/aromatic N) is 1. The van der Waals surface area contributed by atoms with Crippen molar-refractivity contribution in [3.8, 4) is 0 Å². The van der Waals surface area contributed by atoms with Crippen molar-refractivity contribution in [2.24, 2.45) is 5.92 Å². The summed E-state index contributed by atoms with van der Waals surface area (Å²) in [7, 11) is 0. The van der Waals surface area contributed by atoms with Crippen LogP contribution in [0, 0.1) is 12.8 Å². The number of benzene rings is 1. The second-order valence-electron chi connectivity index (χ2n) is 7.16.